The topological polar surface area (TPSA) is 23.8 Å². The quantitative estimate of drug-likeness (QED) is 0.709. The molecule has 0 spiro atoms. The Kier molecular flexibility index (Phi) is 3.39. The van der Waals surface area contributed by atoms with Crippen LogP contribution in [0.1, 0.15) is 11.1 Å². The average Bonchev–Trinajstić information content (AvgIpc) is 2.08. The third kappa shape index (κ3) is 1.92. The van der Waals surface area contributed by atoms with Gasteiger partial charge in [0.2, 0.25) is 0 Å². The van der Waals surface area contributed by atoms with Crippen LogP contribution in [0, 0.1) is 11.3 Å². The Bertz CT molecular complexity index is 344. The number of nitriles is 1. The molecule has 0 aliphatic rings. The fraction of sp³-hybridized carbons (Fsp3) is 0.125. The molecule has 0 saturated heterocycles. The molecule has 0 unspecified atom stereocenters. The Morgan fingerprint density at radius 1 is 1.42 bits per heavy atom. The molecule has 0 atom stereocenters. The molecule has 0 N–H and O–H groups in total. The van der Waals surface area contributed by atoms with Crippen molar-refractivity contribution in [2.24, 2.45) is 0 Å². The maximum atomic E-state index is 8.65. The second-order valence-electron chi connectivity index (χ2n) is 2.17. The molecule has 1 nitrogen and oxygen atoms in total. The molecule has 62 valence electrons. The number of rotatable bonds is 1. The number of hydrogen-bond donors (Lipinski definition) is 0. The van der Waals surface area contributed by atoms with Crippen LogP contribution in [0.3, 0.4) is 0 Å². The molecule has 0 heterocycles. The Morgan fingerprint density at radius 2 is 2.08 bits per heavy atom. The summed E-state index contributed by atoms with van der Waals surface area (Å²) in [5, 5.41) is 10.3. The number of halogens is 3. The minimum atomic E-state index is 0.415. The maximum Gasteiger partial charge on any atom is 0.101 e. The Hall–Kier alpha value is -0.230. The number of benzene rings is 1. The van der Waals surface area contributed by atoms with Gasteiger partial charge in [0.15, 0.2) is 0 Å². The number of hydrogen-bond acceptors (Lipinski definition) is 1. The van der Waals surface area contributed by atoms with Gasteiger partial charge in [0.1, 0.15) is 6.07 Å². The average molecular weight is 265 g/mol. The lowest BCUT2D eigenvalue weighted by Gasteiger charge is -2.02. The largest absolute Gasteiger partial charge is 0.192 e. The normalized spacial score (nSPS) is 9.50. The summed E-state index contributed by atoms with van der Waals surface area (Å²) >= 11 is 14.9. The molecule has 0 bridgehead atoms. The van der Waals surface area contributed by atoms with E-state index in [9.17, 15) is 0 Å². The Morgan fingerprint density at radius 3 is 2.58 bits per heavy atom. The molecule has 0 amide bonds. The van der Waals surface area contributed by atoms with Gasteiger partial charge in [0.05, 0.1) is 10.6 Å². The van der Waals surface area contributed by atoms with E-state index in [0.717, 1.165) is 5.56 Å². The smallest absolute Gasteiger partial charge is 0.101 e. The molecule has 12 heavy (non-hydrogen) atoms. The zero-order valence-corrected chi connectivity index (χ0v) is 9.04. The fourth-order valence-corrected chi connectivity index (χ4v) is 1.89. The van der Waals surface area contributed by atoms with Crippen LogP contribution in [-0.2, 0) is 5.33 Å². The molecule has 0 aliphatic carbocycles. The van der Waals surface area contributed by atoms with E-state index in [1.165, 1.54) is 0 Å². The highest BCUT2D eigenvalue weighted by atomic mass is 79.9. The molecule has 0 radical (unpaired) electrons. The van der Waals surface area contributed by atoms with Gasteiger partial charge in [0, 0.05) is 10.4 Å². The second kappa shape index (κ2) is 4.13. The summed E-state index contributed by atoms with van der Waals surface area (Å²) < 4.78 is 0. The molecular weight excluding hydrogens is 261 g/mol. The Labute approximate surface area is 89.0 Å². The van der Waals surface area contributed by atoms with Crippen LogP contribution in [-0.4, -0.2) is 0 Å². The highest BCUT2D eigenvalue weighted by Crippen LogP contribution is 2.26. The molecule has 0 aromatic heterocycles. The highest BCUT2D eigenvalue weighted by Gasteiger charge is 2.06. The van der Waals surface area contributed by atoms with E-state index >= 15 is 0 Å². The molecule has 1 rings (SSSR count). The molecule has 1 aromatic carbocycles. The van der Waals surface area contributed by atoms with Gasteiger partial charge in [-0.3, -0.25) is 0 Å². The fourth-order valence-electron chi connectivity index (χ4n) is 0.824. The van der Waals surface area contributed by atoms with Crippen molar-refractivity contribution in [1.29, 1.82) is 5.26 Å². The van der Waals surface area contributed by atoms with E-state index in [1.807, 2.05) is 6.07 Å². The molecule has 0 aliphatic heterocycles. The number of alkyl halides is 1. The molecule has 0 fully saturated rings. The van der Waals surface area contributed by atoms with Gasteiger partial charge >= 0.3 is 0 Å². The lowest BCUT2D eigenvalue weighted by atomic mass is 10.1. The minimum absolute atomic E-state index is 0.415. The monoisotopic (exact) mass is 263 g/mol. The second-order valence-corrected chi connectivity index (χ2v) is 3.55. The van der Waals surface area contributed by atoms with Crippen LogP contribution < -0.4 is 0 Å². The van der Waals surface area contributed by atoms with E-state index < -0.39 is 0 Å². The van der Waals surface area contributed by atoms with Crippen molar-refractivity contribution in [3.63, 3.8) is 0 Å². The molecule has 1 aromatic rings. The van der Waals surface area contributed by atoms with E-state index in [1.54, 1.807) is 12.1 Å². The molecule has 4 heteroatoms. The number of nitrogens with zero attached hydrogens (tertiary/aromatic N) is 1. The Balaban J connectivity index is 3.34. The maximum absolute atomic E-state index is 8.65. The van der Waals surface area contributed by atoms with Crippen molar-refractivity contribution >= 4 is 39.1 Å². The van der Waals surface area contributed by atoms with Crippen molar-refractivity contribution in [3.05, 3.63) is 33.3 Å². The van der Waals surface area contributed by atoms with Crippen LogP contribution in [0.5, 0.6) is 0 Å². The molecule has 0 saturated carbocycles. The van der Waals surface area contributed by atoms with Crippen LogP contribution >= 0.6 is 39.1 Å². The summed E-state index contributed by atoms with van der Waals surface area (Å²) in [5.74, 6) is 0. The summed E-state index contributed by atoms with van der Waals surface area (Å²) in [6.45, 7) is 0. The third-order valence-electron chi connectivity index (χ3n) is 1.38. The van der Waals surface area contributed by atoms with E-state index in [-0.39, 0.29) is 0 Å². The van der Waals surface area contributed by atoms with Crippen molar-refractivity contribution < 1.29 is 0 Å². The van der Waals surface area contributed by atoms with Crippen LogP contribution in [0.2, 0.25) is 10.0 Å². The van der Waals surface area contributed by atoms with Gasteiger partial charge in [0.25, 0.3) is 0 Å². The van der Waals surface area contributed by atoms with Crippen molar-refractivity contribution in [1.82, 2.24) is 0 Å². The highest BCUT2D eigenvalue weighted by molar-refractivity contribution is 9.08. The summed E-state index contributed by atoms with van der Waals surface area (Å²) in [4.78, 5) is 0. The standard InChI is InChI=1S/C8H4BrCl2N/c9-3-5-1-7(10)2-6(4-12)8(5)11/h1-2H,3H2. The summed E-state index contributed by atoms with van der Waals surface area (Å²) in [5.41, 5.74) is 1.25. The predicted molar refractivity (Wildman–Crippen MR) is 53.8 cm³/mol. The van der Waals surface area contributed by atoms with Crippen LogP contribution in [0.25, 0.3) is 0 Å². The van der Waals surface area contributed by atoms with Crippen molar-refractivity contribution in [2.75, 3.05) is 0 Å². The van der Waals surface area contributed by atoms with E-state index in [0.29, 0.717) is 20.9 Å². The van der Waals surface area contributed by atoms with Crippen molar-refractivity contribution in [3.8, 4) is 6.07 Å². The van der Waals surface area contributed by atoms with Crippen molar-refractivity contribution in [2.45, 2.75) is 5.33 Å². The van der Waals surface area contributed by atoms with E-state index in [2.05, 4.69) is 15.9 Å². The summed E-state index contributed by atoms with van der Waals surface area (Å²) in [6, 6.07) is 5.26. The first-order valence-corrected chi connectivity index (χ1v) is 5.00. The van der Waals surface area contributed by atoms with Gasteiger partial charge in [-0.1, -0.05) is 39.1 Å². The van der Waals surface area contributed by atoms with Gasteiger partial charge in [-0.15, -0.1) is 0 Å². The zero-order chi connectivity index (χ0) is 9.14. The first-order valence-electron chi connectivity index (χ1n) is 3.13. The van der Waals surface area contributed by atoms with Gasteiger partial charge in [-0.25, -0.2) is 0 Å². The lowest BCUT2D eigenvalue weighted by molar-refractivity contribution is 1.40. The van der Waals surface area contributed by atoms with Gasteiger partial charge in [-0.05, 0) is 17.7 Å². The van der Waals surface area contributed by atoms with Crippen LogP contribution in [0.15, 0.2) is 12.1 Å². The minimum Gasteiger partial charge on any atom is -0.192 e. The van der Waals surface area contributed by atoms with Gasteiger partial charge in [-0.2, -0.15) is 5.26 Å². The summed E-state index contributed by atoms with van der Waals surface area (Å²) in [7, 11) is 0. The summed E-state index contributed by atoms with van der Waals surface area (Å²) in [6.07, 6.45) is 0. The SMILES string of the molecule is N#Cc1cc(Cl)cc(CBr)c1Cl. The zero-order valence-electron chi connectivity index (χ0n) is 5.94. The van der Waals surface area contributed by atoms with E-state index in [4.69, 9.17) is 28.5 Å². The first-order chi connectivity index (χ1) is 5.69. The lowest BCUT2D eigenvalue weighted by Crippen LogP contribution is -1.85. The van der Waals surface area contributed by atoms with Crippen LogP contribution in [0.4, 0.5) is 0 Å². The third-order valence-corrected chi connectivity index (χ3v) is 2.65. The van der Waals surface area contributed by atoms with Gasteiger partial charge < -0.3 is 0 Å². The predicted octanol–water partition coefficient (Wildman–Crippen LogP) is 3.76. The molecular formula is C8H4BrCl2N. The first kappa shape index (κ1) is 9.85.